The second kappa shape index (κ2) is 82.1. The molecule has 0 spiro atoms. The Labute approximate surface area is 658 Å². The Kier molecular flexibility index (Phi) is 80.6. The van der Waals surface area contributed by atoms with Gasteiger partial charge in [-0.2, -0.15) is 0 Å². The Bertz CT molecular complexity index is 2020. The van der Waals surface area contributed by atoms with Crippen molar-refractivity contribution in [2.24, 2.45) is 0 Å². The van der Waals surface area contributed by atoms with Crippen LogP contribution >= 0.6 is 15.6 Å². The van der Waals surface area contributed by atoms with Crippen LogP contribution in [0.5, 0.6) is 0 Å². The number of ether oxygens (including phenoxy) is 4. The molecule has 17 nitrogen and oxygen atoms in total. The zero-order valence-corrected chi connectivity index (χ0v) is 71.9. The first kappa shape index (κ1) is 105. The molecule has 2 unspecified atom stereocenters. The van der Waals surface area contributed by atoms with E-state index in [1.165, 1.54) is 315 Å². The third-order valence-corrected chi connectivity index (χ3v) is 22.8. The fourth-order valence-electron chi connectivity index (χ4n) is 13.9. The number of phosphoric ester groups is 2. The smallest absolute Gasteiger partial charge is 0.462 e. The summed E-state index contributed by atoms with van der Waals surface area (Å²) in [6.07, 6.45) is 78.0. The number of hydrogen-bond acceptors (Lipinski definition) is 15. The summed E-state index contributed by atoms with van der Waals surface area (Å²) in [6.45, 7) is 5.05. The van der Waals surface area contributed by atoms with Crippen molar-refractivity contribution < 1.29 is 80.2 Å². The quantitative estimate of drug-likeness (QED) is 0.0222. The third kappa shape index (κ3) is 81.9. The molecule has 0 saturated carbocycles. The molecule has 0 bridgehead atoms. The molecule has 0 rings (SSSR count). The molecule has 0 aliphatic heterocycles. The fourth-order valence-corrected chi connectivity index (χ4v) is 15.5. The minimum Gasteiger partial charge on any atom is -0.462 e. The van der Waals surface area contributed by atoms with Crippen molar-refractivity contribution in [3.63, 3.8) is 0 Å². The van der Waals surface area contributed by atoms with Crippen LogP contribution in [0.1, 0.15) is 484 Å². The predicted molar refractivity (Wildman–Crippen MR) is 442 cm³/mol. The highest BCUT2D eigenvalue weighted by molar-refractivity contribution is 7.47. The maximum absolute atomic E-state index is 13.2. The molecule has 0 amide bonds. The van der Waals surface area contributed by atoms with Gasteiger partial charge in [-0.15, -0.1) is 0 Å². The van der Waals surface area contributed by atoms with Gasteiger partial charge in [0.1, 0.15) is 19.3 Å². The van der Waals surface area contributed by atoms with Gasteiger partial charge >= 0.3 is 39.5 Å². The van der Waals surface area contributed by atoms with Gasteiger partial charge in [0, 0.05) is 25.7 Å². The topological polar surface area (TPSA) is 237 Å². The highest BCUT2D eigenvalue weighted by Crippen LogP contribution is 2.45. The highest BCUT2D eigenvalue weighted by Gasteiger charge is 2.30. The first-order valence-electron chi connectivity index (χ1n) is 45.8. The van der Waals surface area contributed by atoms with Gasteiger partial charge < -0.3 is 33.8 Å². The minimum atomic E-state index is -4.97. The molecule has 0 aromatic heterocycles. The molecule has 0 saturated heterocycles. The molecule has 0 aromatic carbocycles. The molecule has 0 fully saturated rings. The molecule has 0 radical (unpaired) electrons. The molecule has 107 heavy (non-hydrogen) atoms. The van der Waals surface area contributed by atoms with Crippen molar-refractivity contribution in [2.45, 2.75) is 502 Å². The van der Waals surface area contributed by atoms with Crippen molar-refractivity contribution in [1.29, 1.82) is 0 Å². The summed E-state index contributed by atoms with van der Waals surface area (Å²) in [5.41, 5.74) is 0. The van der Waals surface area contributed by atoms with Gasteiger partial charge in [-0.05, 0) is 25.7 Å². The largest absolute Gasteiger partial charge is 0.472 e. The first-order chi connectivity index (χ1) is 52.2. The lowest BCUT2D eigenvalue weighted by Crippen LogP contribution is -2.30. The second-order valence-electron chi connectivity index (χ2n) is 31.6. The summed E-state index contributed by atoms with van der Waals surface area (Å²) in [5.74, 6) is -2.10. The van der Waals surface area contributed by atoms with Gasteiger partial charge in [-0.25, -0.2) is 9.13 Å². The Morgan fingerprint density at radius 3 is 0.551 bits per heavy atom. The second-order valence-corrected chi connectivity index (χ2v) is 34.5. The lowest BCUT2D eigenvalue weighted by atomic mass is 10.0. The van der Waals surface area contributed by atoms with E-state index in [1.807, 2.05) is 0 Å². The lowest BCUT2D eigenvalue weighted by molar-refractivity contribution is -0.161. The number of carbonyl (C=O) groups excluding carboxylic acids is 4. The SMILES string of the molecule is CCCCCCCCCCCCCCCCCCCCCCCCC(=O)O[C@H](COC(=O)CCCCCCCCCCCCCCCCCCCCCCC)COP(=O)(O)OC[C@@H](O)COP(=O)(O)OC[C@@H](COC(=O)CCCCCCCCCCC)OC(=O)CCCCCCCCCCCCCCCCC. The van der Waals surface area contributed by atoms with Gasteiger partial charge in [-0.3, -0.25) is 37.3 Å². The van der Waals surface area contributed by atoms with Crippen LogP contribution in [0.15, 0.2) is 0 Å². The molecule has 3 N–H and O–H groups in total. The maximum atomic E-state index is 13.2. The number of esters is 4. The van der Waals surface area contributed by atoms with E-state index in [0.29, 0.717) is 25.7 Å². The van der Waals surface area contributed by atoms with Crippen LogP contribution in [0.2, 0.25) is 0 Å². The van der Waals surface area contributed by atoms with E-state index in [-0.39, 0.29) is 25.7 Å². The van der Waals surface area contributed by atoms with Crippen LogP contribution in [0.25, 0.3) is 0 Å². The molecule has 0 aliphatic rings. The molecule has 636 valence electrons. The normalized spacial score (nSPS) is 13.7. The first-order valence-corrected chi connectivity index (χ1v) is 48.8. The van der Waals surface area contributed by atoms with Crippen LogP contribution in [0.3, 0.4) is 0 Å². The molecule has 19 heteroatoms. The van der Waals surface area contributed by atoms with Gasteiger partial charge in [-0.1, -0.05) is 432 Å². The lowest BCUT2D eigenvalue weighted by Gasteiger charge is -2.21. The van der Waals surface area contributed by atoms with Gasteiger partial charge in [0.05, 0.1) is 26.4 Å². The van der Waals surface area contributed by atoms with E-state index < -0.39 is 97.5 Å². The Hall–Kier alpha value is -1.94. The number of phosphoric acid groups is 2. The number of carbonyl (C=O) groups is 4. The zero-order chi connectivity index (χ0) is 78.1. The van der Waals surface area contributed by atoms with Gasteiger partial charge in [0.2, 0.25) is 0 Å². The average molecular weight is 1560 g/mol. The Morgan fingerprint density at radius 2 is 0.374 bits per heavy atom. The third-order valence-electron chi connectivity index (χ3n) is 20.9. The van der Waals surface area contributed by atoms with Crippen LogP contribution in [0, 0.1) is 0 Å². The van der Waals surface area contributed by atoms with Crippen LogP contribution < -0.4 is 0 Å². The van der Waals surface area contributed by atoms with Crippen LogP contribution in [-0.2, 0) is 65.4 Å². The van der Waals surface area contributed by atoms with Gasteiger partial charge in [0.25, 0.3) is 0 Å². The van der Waals surface area contributed by atoms with Crippen molar-refractivity contribution in [1.82, 2.24) is 0 Å². The fraction of sp³-hybridized carbons (Fsp3) is 0.955. The predicted octanol–water partition coefficient (Wildman–Crippen LogP) is 27.3. The zero-order valence-electron chi connectivity index (χ0n) is 70.1. The van der Waals surface area contributed by atoms with E-state index in [1.54, 1.807) is 0 Å². The monoisotopic (exact) mass is 1560 g/mol. The summed E-state index contributed by atoms with van der Waals surface area (Å²) >= 11 is 0. The number of aliphatic hydroxyl groups is 1. The summed E-state index contributed by atoms with van der Waals surface area (Å²) in [6, 6.07) is 0. The van der Waals surface area contributed by atoms with Crippen molar-refractivity contribution in [2.75, 3.05) is 39.6 Å². The van der Waals surface area contributed by atoms with Crippen molar-refractivity contribution >= 4 is 39.5 Å². The summed E-state index contributed by atoms with van der Waals surface area (Å²) in [5, 5.41) is 10.7. The van der Waals surface area contributed by atoms with E-state index in [4.69, 9.17) is 37.0 Å². The minimum absolute atomic E-state index is 0.109. The molecule has 0 aliphatic carbocycles. The number of aliphatic hydroxyl groups excluding tert-OH is 1. The number of unbranched alkanes of at least 4 members (excludes halogenated alkanes) is 63. The Morgan fingerprint density at radius 1 is 0.224 bits per heavy atom. The standard InChI is InChI=1S/C88H172O17P2/c1-5-9-13-17-21-25-28-31-34-36-38-40-42-44-46-49-52-55-59-63-67-71-75-88(93)105-84(79-99-86(91)73-69-65-61-57-53-50-48-45-43-41-39-37-35-32-29-26-22-18-14-10-6-2)81-103-107(96,97)101-77-82(89)76-100-106(94,95)102-80-83(78-98-85(90)72-68-64-60-56-24-20-16-12-8-4)104-87(92)74-70-66-62-58-54-51-47-33-30-27-23-19-15-11-7-3/h82-84,89H,5-81H2,1-4H3,(H,94,95)(H,96,97)/t82-,83+,84+/m0/s1. The van der Waals surface area contributed by atoms with E-state index in [9.17, 15) is 43.2 Å². The average Bonchev–Trinajstić information content (AvgIpc) is 0.918. The van der Waals surface area contributed by atoms with E-state index in [2.05, 4.69) is 27.7 Å². The van der Waals surface area contributed by atoms with E-state index in [0.717, 1.165) is 89.9 Å². The molecular formula is C88H172O17P2. The number of hydrogen-bond donors (Lipinski definition) is 3. The molecule has 5 atom stereocenters. The van der Waals surface area contributed by atoms with Crippen LogP contribution in [-0.4, -0.2) is 96.7 Å². The summed E-state index contributed by atoms with van der Waals surface area (Å²) in [4.78, 5) is 73.2. The van der Waals surface area contributed by atoms with Crippen molar-refractivity contribution in [3.05, 3.63) is 0 Å². The highest BCUT2D eigenvalue weighted by atomic mass is 31.2. The molecule has 0 heterocycles. The summed E-state index contributed by atoms with van der Waals surface area (Å²) in [7, 11) is -9.92. The van der Waals surface area contributed by atoms with E-state index >= 15 is 0 Å². The molecule has 0 aromatic rings. The maximum Gasteiger partial charge on any atom is 0.472 e. The summed E-state index contributed by atoms with van der Waals surface area (Å²) < 4.78 is 68.9. The van der Waals surface area contributed by atoms with Gasteiger partial charge in [0.15, 0.2) is 12.2 Å². The van der Waals surface area contributed by atoms with Crippen molar-refractivity contribution in [3.8, 4) is 0 Å². The Balaban J connectivity index is 5.18. The van der Waals surface area contributed by atoms with Crippen LogP contribution in [0.4, 0.5) is 0 Å². The number of rotatable bonds is 89. The molecular weight excluding hydrogens is 1390 g/mol.